The quantitative estimate of drug-likeness (QED) is 0.697. The Morgan fingerprint density at radius 1 is 1.19 bits per heavy atom. The maximum absolute atomic E-state index is 13.1. The van der Waals surface area contributed by atoms with Crippen LogP contribution in [0.3, 0.4) is 0 Å². The molecule has 27 heavy (non-hydrogen) atoms. The number of carbonyl (C=O) groups is 1. The first kappa shape index (κ1) is 17.9. The number of hydrogen-bond donors (Lipinski definition) is 2. The average Bonchev–Trinajstić information content (AvgIpc) is 3.02. The van der Waals surface area contributed by atoms with Crippen LogP contribution < -0.4 is 10.7 Å². The fourth-order valence-corrected chi connectivity index (χ4v) is 4.27. The van der Waals surface area contributed by atoms with Gasteiger partial charge in [-0.2, -0.15) is 0 Å². The normalized spacial score (nSPS) is 18.5. The molecule has 0 bridgehead atoms. The van der Waals surface area contributed by atoms with Gasteiger partial charge in [-0.25, -0.2) is 4.68 Å². The zero-order valence-electron chi connectivity index (χ0n) is 14.8. The molecule has 0 unspecified atom stereocenters. The third-order valence-electron chi connectivity index (χ3n) is 4.37. The Morgan fingerprint density at radius 3 is 2.70 bits per heavy atom. The summed E-state index contributed by atoms with van der Waals surface area (Å²) >= 11 is 7.43. The van der Waals surface area contributed by atoms with E-state index in [1.807, 2.05) is 67.1 Å². The largest absolute Gasteiger partial charge is 0.325 e. The van der Waals surface area contributed by atoms with Crippen molar-refractivity contribution in [1.82, 2.24) is 14.9 Å². The predicted octanol–water partition coefficient (Wildman–Crippen LogP) is 3.95. The third kappa shape index (κ3) is 3.65. The summed E-state index contributed by atoms with van der Waals surface area (Å²) in [6, 6.07) is 15.0. The van der Waals surface area contributed by atoms with Gasteiger partial charge in [-0.05, 0) is 49.2 Å². The van der Waals surface area contributed by atoms with Crippen LogP contribution >= 0.6 is 23.4 Å². The van der Waals surface area contributed by atoms with Crippen LogP contribution in [0.2, 0.25) is 5.02 Å². The molecule has 138 valence electrons. The van der Waals surface area contributed by atoms with Gasteiger partial charge in [-0.1, -0.05) is 47.6 Å². The number of aryl methyl sites for hydroxylation is 2. The zero-order valence-corrected chi connectivity index (χ0v) is 16.4. The minimum Gasteiger partial charge on any atom is -0.325 e. The summed E-state index contributed by atoms with van der Waals surface area (Å²) in [5.41, 5.74) is 6.21. The minimum atomic E-state index is -0.414. The fourth-order valence-electron chi connectivity index (χ4n) is 3.02. The van der Waals surface area contributed by atoms with Gasteiger partial charge in [0.05, 0.1) is 6.04 Å². The number of carbonyl (C=O) groups excluding carboxylic acids is 1. The van der Waals surface area contributed by atoms with E-state index in [2.05, 4.69) is 20.9 Å². The molecule has 6 nitrogen and oxygen atoms in total. The summed E-state index contributed by atoms with van der Waals surface area (Å²) in [6.07, 6.45) is 0. The van der Waals surface area contributed by atoms with Gasteiger partial charge >= 0.3 is 0 Å². The van der Waals surface area contributed by atoms with Crippen molar-refractivity contribution in [1.29, 1.82) is 0 Å². The average molecular weight is 400 g/mol. The molecule has 0 spiro atoms. The molecule has 2 aromatic carbocycles. The lowest BCUT2D eigenvalue weighted by Crippen LogP contribution is -2.41. The number of halogens is 1. The molecule has 1 aliphatic rings. The molecule has 2 N–H and O–H groups in total. The Morgan fingerprint density at radius 2 is 1.96 bits per heavy atom. The summed E-state index contributed by atoms with van der Waals surface area (Å²) in [5, 5.41) is 12.2. The third-order valence-corrected chi connectivity index (χ3v) is 5.84. The minimum absolute atomic E-state index is 0.0926. The van der Waals surface area contributed by atoms with Crippen molar-refractivity contribution in [3.8, 4) is 0 Å². The second-order valence-electron chi connectivity index (χ2n) is 6.42. The first-order valence-corrected chi connectivity index (χ1v) is 9.75. The van der Waals surface area contributed by atoms with Crippen molar-refractivity contribution in [2.24, 2.45) is 0 Å². The molecule has 3 aromatic rings. The lowest BCUT2D eigenvalue weighted by atomic mass is 10.0. The zero-order chi connectivity index (χ0) is 19.0. The molecule has 0 radical (unpaired) electrons. The standard InChI is InChI=1S/C19H18ClN5OS/c1-11-4-3-5-15(10-11)21-18(26)17-16(13-6-8-14(20)9-7-13)24-25-12(2)22-23-19(25)27-17/h3-10,16-17,24H,1-2H3,(H,21,26)/t16-,17+/m1/s1. The number of fused-ring (bicyclic) bond motifs is 1. The number of benzene rings is 2. The number of nitrogens with zero attached hydrogens (tertiary/aromatic N) is 3. The summed E-state index contributed by atoms with van der Waals surface area (Å²) in [4.78, 5) is 13.1. The van der Waals surface area contributed by atoms with Crippen molar-refractivity contribution in [2.75, 3.05) is 10.7 Å². The highest BCUT2D eigenvalue weighted by Crippen LogP contribution is 2.37. The number of amides is 1. The van der Waals surface area contributed by atoms with Crippen molar-refractivity contribution in [3.63, 3.8) is 0 Å². The molecule has 0 saturated heterocycles. The van der Waals surface area contributed by atoms with Crippen LogP contribution in [0.25, 0.3) is 0 Å². The SMILES string of the molecule is Cc1cccc(NC(=O)[C@H]2Sc3nnc(C)n3N[C@@H]2c2ccc(Cl)cc2)c1. The van der Waals surface area contributed by atoms with Gasteiger partial charge in [-0.15, -0.1) is 10.2 Å². The molecule has 4 rings (SSSR count). The maximum Gasteiger partial charge on any atom is 0.240 e. The number of anilines is 1. The lowest BCUT2D eigenvalue weighted by molar-refractivity contribution is -0.116. The van der Waals surface area contributed by atoms with Crippen LogP contribution in [0.4, 0.5) is 5.69 Å². The van der Waals surface area contributed by atoms with E-state index in [9.17, 15) is 4.79 Å². The highest BCUT2D eigenvalue weighted by atomic mass is 35.5. The summed E-state index contributed by atoms with van der Waals surface area (Å²) < 4.78 is 1.82. The Hall–Kier alpha value is -2.51. The van der Waals surface area contributed by atoms with E-state index < -0.39 is 5.25 Å². The Bertz CT molecular complexity index is 988. The van der Waals surface area contributed by atoms with E-state index in [1.165, 1.54) is 11.8 Å². The fraction of sp³-hybridized carbons (Fsp3) is 0.211. The molecular formula is C19H18ClN5OS. The molecular weight excluding hydrogens is 382 g/mol. The summed E-state index contributed by atoms with van der Waals surface area (Å²) in [7, 11) is 0. The van der Waals surface area contributed by atoms with Crippen LogP contribution in [0.5, 0.6) is 0 Å². The van der Waals surface area contributed by atoms with Gasteiger partial charge in [0.15, 0.2) is 0 Å². The molecule has 1 amide bonds. The molecule has 8 heteroatoms. The summed E-state index contributed by atoms with van der Waals surface area (Å²) in [5.74, 6) is 0.652. The maximum atomic E-state index is 13.1. The summed E-state index contributed by atoms with van der Waals surface area (Å²) in [6.45, 7) is 3.87. The van der Waals surface area contributed by atoms with Gasteiger partial charge in [0, 0.05) is 10.7 Å². The molecule has 0 saturated carbocycles. The highest BCUT2D eigenvalue weighted by molar-refractivity contribution is 8.00. The Kier molecular flexibility index (Phi) is 4.80. The van der Waals surface area contributed by atoms with Gasteiger partial charge in [0.2, 0.25) is 11.1 Å². The second-order valence-corrected chi connectivity index (χ2v) is 7.97. The van der Waals surface area contributed by atoms with Crippen molar-refractivity contribution in [3.05, 3.63) is 70.5 Å². The van der Waals surface area contributed by atoms with Crippen LogP contribution in [0.15, 0.2) is 53.7 Å². The number of aromatic nitrogens is 3. The molecule has 2 atom stereocenters. The Labute approximate surface area is 166 Å². The lowest BCUT2D eigenvalue weighted by Gasteiger charge is -2.32. The molecule has 1 aromatic heterocycles. The first-order chi connectivity index (χ1) is 13.0. The first-order valence-electron chi connectivity index (χ1n) is 8.49. The predicted molar refractivity (Wildman–Crippen MR) is 108 cm³/mol. The molecule has 0 fully saturated rings. The van der Waals surface area contributed by atoms with Gasteiger partial charge in [0.25, 0.3) is 0 Å². The smallest absolute Gasteiger partial charge is 0.240 e. The van der Waals surface area contributed by atoms with Crippen LogP contribution in [-0.2, 0) is 4.79 Å². The monoisotopic (exact) mass is 399 g/mol. The molecule has 0 aliphatic carbocycles. The van der Waals surface area contributed by atoms with Crippen LogP contribution in [-0.4, -0.2) is 26.0 Å². The van der Waals surface area contributed by atoms with Crippen molar-refractivity contribution in [2.45, 2.75) is 30.3 Å². The van der Waals surface area contributed by atoms with Gasteiger partial charge < -0.3 is 10.7 Å². The van der Waals surface area contributed by atoms with E-state index in [0.717, 1.165) is 22.6 Å². The Balaban J connectivity index is 1.66. The van der Waals surface area contributed by atoms with Gasteiger partial charge in [-0.3, -0.25) is 4.79 Å². The van der Waals surface area contributed by atoms with E-state index in [0.29, 0.717) is 10.2 Å². The number of nitrogens with one attached hydrogen (secondary N) is 2. The van der Waals surface area contributed by atoms with Gasteiger partial charge in [0.1, 0.15) is 11.1 Å². The van der Waals surface area contributed by atoms with Crippen molar-refractivity contribution < 1.29 is 4.79 Å². The number of thioether (sulfide) groups is 1. The van der Waals surface area contributed by atoms with Crippen LogP contribution in [0, 0.1) is 13.8 Å². The molecule has 1 aliphatic heterocycles. The van der Waals surface area contributed by atoms with E-state index in [4.69, 9.17) is 11.6 Å². The molecule has 2 heterocycles. The highest BCUT2D eigenvalue weighted by Gasteiger charge is 2.37. The van der Waals surface area contributed by atoms with E-state index in [1.54, 1.807) is 0 Å². The number of hydrogen-bond acceptors (Lipinski definition) is 5. The second kappa shape index (κ2) is 7.25. The van der Waals surface area contributed by atoms with Crippen LogP contribution in [0.1, 0.15) is 23.0 Å². The topological polar surface area (TPSA) is 71.8 Å². The number of rotatable bonds is 3. The van der Waals surface area contributed by atoms with E-state index >= 15 is 0 Å². The van der Waals surface area contributed by atoms with E-state index in [-0.39, 0.29) is 11.9 Å². The van der Waals surface area contributed by atoms with Crippen molar-refractivity contribution >= 4 is 35.0 Å².